The smallest absolute Gasteiger partial charge is 0.119 e. The molecule has 0 bridgehead atoms. The number of methoxy groups -OCH3 is 1. The molecule has 0 atom stereocenters. The van der Waals surface area contributed by atoms with Gasteiger partial charge < -0.3 is 10.1 Å². The van der Waals surface area contributed by atoms with Crippen LogP contribution in [0.5, 0.6) is 5.75 Å². The molecule has 2 aromatic carbocycles. The van der Waals surface area contributed by atoms with E-state index in [2.05, 4.69) is 23.5 Å². The zero-order valence-corrected chi connectivity index (χ0v) is 12.5. The minimum atomic E-state index is 0.861. The van der Waals surface area contributed by atoms with E-state index < -0.39 is 0 Å². The Morgan fingerprint density at radius 1 is 1.10 bits per heavy atom. The molecule has 106 valence electrons. The SMILES string of the molecule is COc1cccc(CNCCCc2ccccc2Cl)c1. The minimum absolute atomic E-state index is 0.861. The van der Waals surface area contributed by atoms with E-state index in [1.807, 2.05) is 30.3 Å². The standard InChI is InChI=1S/C17H20ClNO/c1-20-16-9-4-6-14(12-16)13-19-11-5-8-15-7-2-3-10-17(15)18/h2-4,6-7,9-10,12,19H,5,8,11,13H2,1H3. The molecule has 2 nitrogen and oxygen atoms in total. The van der Waals surface area contributed by atoms with Crippen LogP contribution < -0.4 is 10.1 Å². The lowest BCUT2D eigenvalue weighted by Gasteiger charge is -2.07. The van der Waals surface area contributed by atoms with Crippen LogP contribution in [0.25, 0.3) is 0 Å². The fourth-order valence-corrected chi connectivity index (χ4v) is 2.35. The number of halogens is 1. The lowest BCUT2D eigenvalue weighted by molar-refractivity contribution is 0.414. The third kappa shape index (κ3) is 4.55. The highest BCUT2D eigenvalue weighted by Gasteiger charge is 1.99. The monoisotopic (exact) mass is 289 g/mol. The Morgan fingerprint density at radius 2 is 1.95 bits per heavy atom. The van der Waals surface area contributed by atoms with Crippen LogP contribution in [0.1, 0.15) is 17.5 Å². The predicted octanol–water partition coefficient (Wildman–Crippen LogP) is 4.07. The fraction of sp³-hybridized carbons (Fsp3) is 0.294. The summed E-state index contributed by atoms with van der Waals surface area (Å²) in [5.41, 5.74) is 2.46. The highest BCUT2D eigenvalue weighted by atomic mass is 35.5. The first-order chi connectivity index (χ1) is 9.79. The number of rotatable bonds is 7. The summed E-state index contributed by atoms with van der Waals surface area (Å²) < 4.78 is 5.21. The van der Waals surface area contributed by atoms with Crippen LogP contribution in [-0.2, 0) is 13.0 Å². The summed E-state index contributed by atoms with van der Waals surface area (Å²) in [6, 6.07) is 16.2. The summed E-state index contributed by atoms with van der Waals surface area (Å²) >= 11 is 6.13. The molecule has 0 fully saturated rings. The molecular weight excluding hydrogens is 270 g/mol. The summed E-state index contributed by atoms with van der Waals surface area (Å²) in [6.07, 6.45) is 2.08. The maximum Gasteiger partial charge on any atom is 0.119 e. The quantitative estimate of drug-likeness (QED) is 0.776. The molecule has 0 saturated heterocycles. The number of hydrogen-bond donors (Lipinski definition) is 1. The molecule has 0 aliphatic carbocycles. The molecule has 1 N–H and O–H groups in total. The fourth-order valence-electron chi connectivity index (χ4n) is 2.12. The normalized spacial score (nSPS) is 10.5. The number of ether oxygens (including phenoxy) is 1. The van der Waals surface area contributed by atoms with E-state index in [0.717, 1.165) is 36.7 Å². The summed E-state index contributed by atoms with van der Waals surface area (Å²) in [7, 11) is 1.69. The first kappa shape index (κ1) is 14.9. The molecule has 0 heterocycles. The maximum absolute atomic E-state index is 6.13. The second-order valence-electron chi connectivity index (χ2n) is 4.72. The van der Waals surface area contributed by atoms with Crippen molar-refractivity contribution in [2.75, 3.05) is 13.7 Å². The third-order valence-electron chi connectivity index (χ3n) is 3.22. The Balaban J connectivity index is 1.70. The molecule has 0 aliphatic rings. The molecule has 3 heteroatoms. The number of benzene rings is 2. The van der Waals surface area contributed by atoms with Crippen LogP contribution >= 0.6 is 11.6 Å². The zero-order valence-electron chi connectivity index (χ0n) is 11.7. The first-order valence-corrected chi connectivity index (χ1v) is 7.24. The van der Waals surface area contributed by atoms with Gasteiger partial charge >= 0.3 is 0 Å². The second kappa shape index (κ2) is 7.93. The largest absolute Gasteiger partial charge is 0.497 e. The number of aryl methyl sites for hydroxylation is 1. The van der Waals surface area contributed by atoms with E-state index in [0.29, 0.717) is 0 Å². The molecule has 20 heavy (non-hydrogen) atoms. The Labute approximate surface area is 125 Å². The molecule has 0 aromatic heterocycles. The molecule has 0 radical (unpaired) electrons. The van der Waals surface area contributed by atoms with E-state index in [9.17, 15) is 0 Å². The van der Waals surface area contributed by atoms with Crippen molar-refractivity contribution in [3.05, 3.63) is 64.7 Å². The Hall–Kier alpha value is -1.51. The van der Waals surface area contributed by atoms with Gasteiger partial charge in [0.05, 0.1) is 7.11 Å². The average molecular weight is 290 g/mol. The summed E-state index contributed by atoms with van der Waals surface area (Å²) in [5.74, 6) is 0.903. The molecule has 0 saturated carbocycles. The van der Waals surface area contributed by atoms with E-state index in [-0.39, 0.29) is 0 Å². The van der Waals surface area contributed by atoms with Crippen LogP contribution in [0.2, 0.25) is 5.02 Å². The third-order valence-corrected chi connectivity index (χ3v) is 3.59. The van der Waals surface area contributed by atoms with Gasteiger partial charge in [0.1, 0.15) is 5.75 Å². The lowest BCUT2D eigenvalue weighted by atomic mass is 10.1. The topological polar surface area (TPSA) is 21.3 Å². The first-order valence-electron chi connectivity index (χ1n) is 6.86. The maximum atomic E-state index is 6.13. The van der Waals surface area contributed by atoms with Crippen LogP contribution in [0.15, 0.2) is 48.5 Å². The molecule has 0 spiro atoms. The molecule has 0 amide bonds. The second-order valence-corrected chi connectivity index (χ2v) is 5.13. The van der Waals surface area contributed by atoms with Gasteiger partial charge in [-0.2, -0.15) is 0 Å². The van der Waals surface area contributed by atoms with Crippen molar-refractivity contribution in [1.29, 1.82) is 0 Å². The van der Waals surface area contributed by atoms with Crippen molar-refractivity contribution >= 4 is 11.6 Å². The molecule has 0 unspecified atom stereocenters. The highest BCUT2D eigenvalue weighted by Crippen LogP contribution is 2.16. The summed E-state index contributed by atoms with van der Waals surface area (Å²) in [6.45, 7) is 1.84. The van der Waals surface area contributed by atoms with E-state index in [4.69, 9.17) is 16.3 Å². The Bertz CT molecular complexity index is 542. The highest BCUT2D eigenvalue weighted by molar-refractivity contribution is 6.31. The van der Waals surface area contributed by atoms with Gasteiger partial charge in [-0.3, -0.25) is 0 Å². The zero-order chi connectivity index (χ0) is 14.2. The van der Waals surface area contributed by atoms with Gasteiger partial charge in [0.2, 0.25) is 0 Å². The average Bonchev–Trinajstić information content (AvgIpc) is 2.49. The van der Waals surface area contributed by atoms with Crippen molar-refractivity contribution in [2.24, 2.45) is 0 Å². The van der Waals surface area contributed by atoms with Crippen molar-refractivity contribution in [3.63, 3.8) is 0 Å². The van der Waals surface area contributed by atoms with Crippen LogP contribution in [0.3, 0.4) is 0 Å². The van der Waals surface area contributed by atoms with Gasteiger partial charge in [0.15, 0.2) is 0 Å². The summed E-state index contributed by atoms with van der Waals surface area (Å²) in [5, 5.41) is 4.31. The van der Waals surface area contributed by atoms with Crippen molar-refractivity contribution in [2.45, 2.75) is 19.4 Å². The van der Waals surface area contributed by atoms with Crippen molar-refractivity contribution in [3.8, 4) is 5.75 Å². The number of hydrogen-bond acceptors (Lipinski definition) is 2. The molecule has 2 rings (SSSR count). The van der Waals surface area contributed by atoms with E-state index in [1.165, 1.54) is 11.1 Å². The van der Waals surface area contributed by atoms with Crippen LogP contribution in [-0.4, -0.2) is 13.7 Å². The Kier molecular flexibility index (Phi) is 5.90. The summed E-state index contributed by atoms with van der Waals surface area (Å²) in [4.78, 5) is 0. The van der Waals surface area contributed by atoms with Gasteiger partial charge in [-0.25, -0.2) is 0 Å². The molecular formula is C17H20ClNO. The lowest BCUT2D eigenvalue weighted by Crippen LogP contribution is -2.15. The van der Waals surface area contributed by atoms with E-state index >= 15 is 0 Å². The van der Waals surface area contributed by atoms with Gasteiger partial charge in [-0.05, 0) is 48.7 Å². The van der Waals surface area contributed by atoms with Gasteiger partial charge in [0, 0.05) is 11.6 Å². The number of nitrogens with one attached hydrogen (secondary N) is 1. The van der Waals surface area contributed by atoms with Gasteiger partial charge in [-0.15, -0.1) is 0 Å². The van der Waals surface area contributed by atoms with Crippen LogP contribution in [0.4, 0.5) is 0 Å². The molecule has 0 aliphatic heterocycles. The van der Waals surface area contributed by atoms with E-state index in [1.54, 1.807) is 7.11 Å². The van der Waals surface area contributed by atoms with Crippen molar-refractivity contribution < 1.29 is 4.74 Å². The molecule has 2 aromatic rings. The van der Waals surface area contributed by atoms with Crippen LogP contribution in [0, 0.1) is 0 Å². The van der Waals surface area contributed by atoms with Crippen molar-refractivity contribution in [1.82, 2.24) is 5.32 Å². The predicted molar refractivity (Wildman–Crippen MR) is 84.5 cm³/mol. The van der Waals surface area contributed by atoms with Gasteiger partial charge in [-0.1, -0.05) is 41.9 Å². The Morgan fingerprint density at radius 3 is 2.75 bits per heavy atom. The minimum Gasteiger partial charge on any atom is -0.497 e. The van der Waals surface area contributed by atoms with Gasteiger partial charge in [0.25, 0.3) is 0 Å².